The first kappa shape index (κ1) is 11.7. The van der Waals surface area contributed by atoms with Crippen LogP contribution in [0.15, 0.2) is 18.2 Å². The van der Waals surface area contributed by atoms with Gasteiger partial charge >= 0.3 is 0 Å². The maximum Gasteiger partial charge on any atom is 0.0758 e. The topological polar surface area (TPSA) is 49.5 Å². The summed E-state index contributed by atoms with van der Waals surface area (Å²) in [6, 6.07) is 5.52. The van der Waals surface area contributed by atoms with Gasteiger partial charge in [-0.05, 0) is 37.1 Å². The summed E-state index contributed by atoms with van der Waals surface area (Å²) < 4.78 is 0. The first-order chi connectivity index (χ1) is 7.46. The molecule has 1 unspecified atom stereocenters. The summed E-state index contributed by atoms with van der Waals surface area (Å²) in [6.07, 6.45) is 0.812. The van der Waals surface area contributed by atoms with Crippen molar-refractivity contribution in [3.05, 3.63) is 28.8 Å². The number of nitrogens with zero attached hydrogens (tertiary/aromatic N) is 1. The molecule has 1 fully saturated rings. The molecule has 0 saturated carbocycles. The first-order valence-corrected chi connectivity index (χ1v) is 5.83. The van der Waals surface area contributed by atoms with E-state index in [2.05, 4.69) is 4.90 Å². The smallest absolute Gasteiger partial charge is 0.0758 e. The highest BCUT2D eigenvalue weighted by Crippen LogP contribution is 2.25. The van der Waals surface area contributed by atoms with Crippen LogP contribution in [0, 0.1) is 0 Å². The summed E-state index contributed by atoms with van der Waals surface area (Å²) in [5.74, 6) is 0. The first-order valence-electron chi connectivity index (χ1n) is 5.45. The minimum atomic E-state index is -0.563. The quantitative estimate of drug-likeness (QED) is 0.776. The van der Waals surface area contributed by atoms with Crippen LogP contribution in [0.5, 0.6) is 0 Å². The zero-order valence-corrected chi connectivity index (χ0v) is 10.2. The summed E-state index contributed by atoms with van der Waals surface area (Å²) in [7, 11) is 0. The third-order valence-electron chi connectivity index (χ3n) is 2.99. The van der Waals surface area contributed by atoms with Crippen LogP contribution in [0.2, 0.25) is 5.02 Å². The number of nitrogens with two attached hydrogens (primary N) is 1. The molecule has 0 amide bonds. The van der Waals surface area contributed by atoms with Crippen molar-refractivity contribution in [3.8, 4) is 0 Å². The Kier molecular flexibility index (Phi) is 3.10. The highest BCUT2D eigenvalue weighted by atomic mass is 35.5. The van der Waals surface area contributed by atoms with E-state index in [1.165, 1.54) is 0 Å². The van der Waals surface area contributed by atoms with E-state index >= 15 is 0 Å². The van der Waals surface area contributed by atoms with E-state index in [-0.39, 0.29) is 0 Å². The second-order valence-electron chi connectivity index (χ2n) is 4.81. The Labute approximate surface area is 101 Å². The number of aliphatic hydroxyl groups is 1. The van der Waals surface area contributed by atoms with Crippen molar-refractivity contribution in [2.75, 3.05) is 18.8 Å². The van der Waals surface area contributed by atoms with E-state index < -0.39 is 5.60 Å². The number of hydrogen-bond acceptors (Lipinski definition) is 3. The lowest BCUT2D eigenvalue weighted by molar-refractivity contribution is 0.0679. The Bertz CT molecular complexity index is 393. The van der Waals surface area contributed by atoms with Crippen molar-refractivity contribution < 1.29 is 5.11 Å². The third kappa shape index (κ3) is 2.67. The normalized spacial score (nSPS) is 26.2. The molecule has 0 bridgehead atoms. The summed E-state index contributed by atoms with van der Waals surface area (Å²) >= 11 is 6.10. The Morgan fingerprint density at radius 3 is 2.94 bits per heavy atom. The molecule has 16 heavy (non-hydrogen) atoms. The van der Waals surface area contributed by atoms with E-state index in [9.17, 15) is 5.11 Å². The summed E-state index contributed by atoms with van der Waals surface area (Å²) in [4.78, 5) is 2.20. The van der Waals surface area contributed by atoms with Crippen LogP contribution in [0.1, 0.15) is 18.9 Å². The summed E-state index contributed by atoms with van der Waals surface area (Å²) in [6.45, 7) is 4.21. The van der Waals surface area contributed by atoms with Crippen molar-refractivity contribution in [2.24, 2.45) is 0 Å². The molecule has 1 atom stereocenters. The maximum absolute atomic E-state index is 9.87. The van der Waals surface area contributed by atoms with E-state index in [0.29, 0.717) is 6.54 Å². The molecule has 3 N–H and O–H groups in total. The van der Waals surface area contributed by atoms with Crippen molar-refractivity contribution >= 4 is 17.3 Å². The standard InChI is InChI=1S/C12H17ClN2O/c1-12(16)4-5-15(8-12)7-9-6-10(14)2-3-11(9)13/h2-3,6,16H,4-5,7-8,14H2,1H3. The molecular formula is C12H17ClN2O. The predicted octanol–water partition coefficient (Wildman–Crippen LogP) is 1.88. The van der Waals surface area contributed by atoms with E-state index in [0.717, 1.165) is 35.8 Å². The molecule has 1 saturated heterocycles. The minimum absolute atomic E-state index is 0.563. The lowest BCUT2D eigenvalue weighted by Crippen LogP contribution is -2.29. The number of halogens is 1. The number of anilines is 1. The molecule has 3 nitrogen and oxygen atoms in total. The Morgan fingerprint density at radius 2 is 2.31 bits per heavy atom. The average Bonchev–Trinajstić information content (AvgIpc) is 2.52. The van der Waals surface area contributed by atoms with Crippen molar-refractivity contribution in [3.63, 3.8) is 0 Å². The fraction of sp³-hybridized carbons (Fsp3) is 0.500. The molecule has 0 aliphatic carbocycles. The Hall–Kier alpha value is -0.770. The van der Waals surface area contributed by atoms with E-state index in [1.807, 2.05) is 19.1 Å². The van der Waals surface area contributed by atoms with Crippen LogP contribution < -0.4 is 5.73 Å². The van der Waals surface area contributed by atoms with Gasteiger partial charge < -0.3 is 10.8 Å². The lowest BCUT2D eigenvalue weighted by Gasteiger charge is -2.19. The Balaban J connectivity index is 2.07. The number of likely N-dealkylation sites (tertiary alicyclic amines) is 1. The summed E-state index contributed by atoms with van der Waals surface area (Å²) in [5, 5.41) is 10.6. The van der Waals surface area contributed by atoms with Gasteiger partial charge in [-0.2, -0.15) is 0 Å². The Morgan fingerprint density at radius 1 is 1.56 bits per heavy atom. The van der Waals surface area contributed by atoms with Crippen LogP contribution in [0.25, 0.3) is 0 Å². The van der Waals surface area contributed by atoms with Gasteiger partial charge in [-0.3, -0.25) is 4.90 Å². The molecule has 88 valence electrons. The molecule has 4 heteroatoms. The van der Waals surface area contributed by atoms with Gasteiger partial charge in [-0.25, -0.2) is 0 Å². The zero-order valence-electron chi connectivity index (χ0n) is 9.41. The molecule has 1 heterocycles. The van der Waals surface area contributed by atoms with Crippen LogP contribution >= 0.6 is 11.6 Å². The average molecular weight is 241 g/mol. The van der Waals surface area contributed by atoms with E-state index in [1.54, 1.807) is 6.07 Å². The molecule has 0 spiro atoms. The van der Waals surface area contributed by atoms with Crippen molar-refractivity contribution in [2.45, 2.75) is 25.5 Å². The number of rotatable bonds is 2. The second kappa shape index (κ2) is 4.24. The fourth-order valence-corrected chi connectivity index (χ4v) is 2.31. The molecule has 1 aromatic carbocycles. The summed E-state index contributed by atoms with van der Waals surface area (Å²) in [5.41, 5.74) is 6.92. The zero-order chi connectivity index (χ0) is 11.8. The molecule has 1 aromatic rings. The lowest BCUT2D eigenvalue weighted by atomic mass is 10.1. The largest absolute Gasteiger partial charge is 0.399 e. The van der Waals surface area contributed by atoms with Gasteiger partial charge in [0.05, 0.1) is 5.60 Å². The number of hydrogen-bond donors (Lipinski definition) is 2. The molecule has 1 aliphatic heterocycles. The fourth-order valence-electron chi connectivity index (χ4n) is 2.13. The van der Waals surface area contributed by atoms with Gasteiger partial charge in [-0.1, -0.05) is 11.6 Å². The van der Waals surface area contributed by atoms with Gasteiger partial charge in [0.15, 0.2) is 0 Å². The van der Waals surface area contributed by atoms with Crippen LogP contribution in [-0.2, 0) is 6.54 Å². The van der Waals surface area contributed by atoms with Crippen molar-refractivity contribution in [1.82, 2.24) is 4.90 Å². The highest BCUT2D eigenvalue weighted by molar-refractivity contribution is 6.31. The molecule has 2 rings (SSSR count). The maximum atomic E-state index is 9.87. The minimum Gasteiger partial charge on any atom is -0.399 e. The molecule has 0 radical (unpaired) electrons. The van der Waals surface area contributed by atoms with Crippen LogP contribution in [0.4, 0.5) is 5.69 Å². The molecular weight excluding hydrogens is 224 g/mol. The van der Waals surface area contributed by atoms with Gasteiger partial charge in [0.2, 0.25) is 0 Å². The predicted molar refractivity (Wildman–Crippen MR) is 66.4 cm³/mol. The highest BCUT2D eigenvalue weighted by Gasteiger charge is 2.31. The second-order valence-corrected chi connectivity index (χ2v) is 5.22. The molecule has 0 aromatic heterocycles. The number of β-amino-alcohol motifs (C(OH)–C–C–N with tert-alkyl or cyclic N) is 1. The van der Waals surface area contributed by atoms with Crippen LogP contribution in [-0.4, -0.2) is 28.7 Å². The van der Waals surface area contributed by atoms with Gasteiger partial charge in [0.25, 0.3) is 0 Å². The monoisotopic (exact) mass is 240 g/mol. The van der Waals surface area contributed by atoms with E-state index in [4.69, 9.17) is 17.3 Å². The SMILES string of the molecule is CC1(O)CCN(Cc2cc(N)ccc2Cl)C1. The van der Waals surface area contributed by atoms with Gasteiger partial charge in [0.1, 0.15) is 0 Å². The third-order valence-corrected chi connectivity index (χ3v) is 3.36. The number of benzene rings is 1. The molecule has 1 aliphatic rings. The van der Waals surface area contributed by atoms with Crippen LogP contribution in [0.3, 0.4) is 0 Å². The van der Waals surface area contributed by atoms with Crippen molar-refractivity contribution in [1.29, 1.82) is 0 Å². The number of nitrogen functional groups attached to an aromatic ring is 1. The van der Waals surface area contributed by atoms with Gasteiger partial charge in [0, 0.05) is 30.3 Å². The van der Waals surface area contributed by atoms with Gasteiger partial charge in [-0.15, -0.1) is 0 Å².